The van der Waals surface area contributed by atoms with Gasteiger partial charge in [0.15, 0.2) is 5.82 Å². The number of carbonyl (C=O) groups is 1. The molecule has 1 aliphatic carbocycles. The van der Waals surface area contributed by atoms with Gasteiger partial charge in [0.2, 0.25) is 11.8 Å². The quantitative estimate of drug-likeness (QED) is 0.909. The van der Waals surface area contributed by atoms with Gasteiger partial charge in [-0.15, -0.1) is 0 Å². The maximum absolute atomic E-state index is 11.8. The second-order valence-corrected chi connectivity index (χ2v) is 5.66. The van der Waals surface area contributed by atoms with Crippen LogP contribution in [0.5, 0.6) is 0 Å². The first-order valence-corrected chi connectivity index (χ1v) is 7.51. The Morgan fingerprint density at radius 1 is 1.25 bits per heavy atom. The van der Waals surface area contributed by atoms with E-state index in [1.54, 1.807) is 0 Å². The fraction of sp³-hybridized carbons (Fsp3) is 0.786. The van der Waals surface area contributed by atoms with Crippen LogP contribution in [0.2, 0.25) is 0 Å². The second-order valence-electron chi connectivity index (χ2n) is 5.66. The largest absolute Gasteiger partial charge is 0.381 e. The first kappa shape index (κ1) is 13.5. The Balaban J connectivity index is 1.50. The standard InChI is InChI=1S/C14H21N3O3/c18-14(11-6-7-19-9-11)15-8-12-16-13(17-20-12)10-4-2-1-3-5-10/h10-11H,1-9H2,(H,15,18)/t11-/m1/s1. The van der Waals surface area contributed by atoms with E-state index in [1.807, 2.05) is 0 Å². The Morgan fingerprint density at radius 2 is 2.10 bits per heavy atom. The van der Waals surface area contributed by atoms with Crippen molar-refractivity contribution in [3.8, 4) is 0 Å². The van der Waals surface area contributed by atoms with Crippen LogP contribution in [-0.2, 0) is 16.1 Å². The van der Waals surface area contributed by atoms with E-state index >= 15 is 0 Å². The fourth-order valence-electron chi connectivity index (χ4n) is 2.91. The van der Waals surface area contributed by atoms with Crippen molar-refractivity contribution < 1.29 is 14.1 Å². The summed E-state index contributed by atoms with van der Waals surface area (Å²) in [6, 6.07) is 0. The summed E-state index contributed by atoms with van der Waals surface area (Å²) < 4.78 is 10.4. The van der Waals surface area contributed by atoms with Crippen molar-refractivity contribution >= 4 is 5.91 Å². The Hall–Kier alpha value is -1.43. The maximum Gasteiger partial charge on any atom is 0.246 e. The van der Waals surface area contributed by atoms with Crippen molar-refractivity contribution in [2.75, 3.05) is 13.2 Å². The number of hydrogen-bond donors (Lipinski definition) is 1. The predicted octanol–water partition coefficient (Wildman–Crippen LogP) is 1.77. The molecule has 1 N–H and O–H groups in total. The van der Waals surface area contributed by atoms with Gasteiger partial charge in [0.1, 0.15) is 0 Å². The van der Waals surface area contributed by atoms with Crippen molar-refractivity contribution in [1.82, 2.24) is 15.5 Å². The highest BCUT2D eigenvalue weighted by atomic mass is 16.5. The average molecular weight is 279 g/mol. The van der Waals surface area contributed by atoms with Crippen LogP contribution in [0.4, 0.5) is 0 Å². The van der Waals surface area contributed by atoms with E-state index in [0.717, 1.165) is 25.1 Å². The average Bonchev–Trinajstić information content (AvgIpc) is 3.17. The van der Waals surface area contributed by atoms with Crippen molar-refractivity contribution in [3.05, 3.63) is 11.7 Å². The summed E-state index contributed by atoms with van der Waals surface area (Å²) in [5.41, 5.74) is 0. The van der Waals surface area contributed by atoms with Gasteiger partial charge in [0.05, 0.1) is 19.1 Å². The number of aromatic nitrogens is 2. The molecule has 3 rings (SSSR count). The third-order valence-electron chi connectivity index (χ3n) is 4.17. The molecule has 0 aromatic carbocycles. The Bertz CT molecular complexity index is 448. The monoisotopic (exact) mass is 279 g/mol. The van der Waals surface area contributed by atoms with Gasteiger partial charge in [0.25, 0.3) is 0 Å². The number of amides is 1. The summed E-state index contributed by atoms with van der Waals surface area (Å²) in [4.78, 5) is 16.3. The van der Waals surface area contributed by atoms with Crippen LogP contribution in [-0.4, -0.2) is 29.3 Å². The highest BCUT2D eigenvalue weighted by Gasteiger charge is 2.24. The maximum atomic E-state index is 11.8. The molecule has 1 aromatic heterocycles. The number of rotatable bonds is 4. The summed E-state index contributed by atoms with van der Waals surface area (Å²) in [6.07, 6.45) is 6.87. The molecule has 1 aliphatic heterocycles. The second kappa shape index (κ2) is 6.35. The number of carbonyl (C=O) groups excluding carboxylic acids is 1. The molecule has 6 heteroatoms. The van der Waals surface area contributed by atoms with Gasteiger partial charge in [-0.25, -0.2) is 0 Å². The number of ether oxygens (including phenoxy) is 1. The molecule has 2 fully saturated rings. The molecule has 1 atom stereocenters. The van der Waals surface area contributed by atoms with Gasteiger partial charge in [-0.3, -0.25) is 4.79 Å². The van der Waals surface area contributed by atoms with E-state index < -0.39 is 0 Å². The fourth-order valence-corrected chi connectivity index (χ4v) is 2.91. The molecule has 2 heterocycles. The summed E-state index contributed by atoms with van der Waals surface area (Å²) in [5.74, 6) is 1.71. The number of hydrogen-bond acceptors (Lipinski definition) is 5. The van der Waals surface area contributed by atoms with Crippen molar-refractivity contribution in [3.63, 3.8) is 0 Å². The third kappa shape index (κ3) is 3.17. The number of nitrogens with one attached hydrogen (secondary N) is 1. The highest BCUT2D eigenvalue weighted by Crippen LogP contribution is 2.30. The SMILES string of the molecule is O=C(NCc1nc(C2CCCCC2)no1)[C@@H]1CCOC1. The van der Waals surface area contributed by atoms with Gasteiger partial charge in [-0.2, -0.15) is 4.98 Å². The van der Waals surface area contributed by atoms with Crippen molar-refractivity contribution in [2.24, 2.45) is 5.92 Å². The van der Waals surface area contributed by atoms with E-state index in [9.17, 15) is 4.79 Å². The van der Waals surface area contributed by atoms with Crippen LogP contribution in [0.3, 0.4) is 0 Å². The van der Waals surface area contributed by atoms with Crippen LogP contribution in [0.1, 0.15) is 56.2 Å². The molecule has 6 nitrogen and oxygen atoms in total. The van der Waals surface area contributed by atoms with Crippen LogP contribution in [0.25, 0.3) is 0 Å². The molecule has 20 heavy (non-hydrogen) atoms. The van der Waals surface area contributed by atoms with E-state index in [0.29, 0.717) is 31.6 Å². The molecule has 110 valence electrons. The van der Waals surface area contributed by atoms with E-state index in [-0.39, 0.29) is 11.8 Å². The summed E-state index contributed by atoms with van der Waals surface area (Å²) in [6.45, 7) is 1.50. The first-order valence-electron chi connectivity index (χ1n) is 7.51. The lowest BCUT2D eigenvalue weighted by Crippen LogP contribution is -2.30. The zero-order valence-corrected chi connectivity index (χ0v) is 11.6. The lowest BCUT2D eigenvalue weighted by molar-refractivity contribution is -0.125. The molecule has 1 saturated heterocycles. The van der Waals surface area contributed by atoms with Gasteiger partial charge in [-0.1, -0.05) is 24.4 Å². The molecule has 2 aliphatic rings. The molecule has 0 unspecified atom stereocenters. The molecule has 1 aromatic rings. The van der Waals surface area contributed by atoms with E-state index in [2.05, 4.69) is 15.5 Å². The van der Waals surface area contributed by atoms with Crippen LogP contribution < -0.4 is 5.32 Å². The Labute approximate surface area is 118 Å². The van der Waals surface area contributed by atoms with Gasteiger partial charge in [-0.05, 0) is 19.3 Å². The van der Waals surface area contributed by atoms with Crippen LogP contribution in [0.15, 0.2) is 4.52 Å². The van der Waals surface area contributed by atoms with Crippen molar-refractivity contribution in [1.29, 1.82) is 0 Å². The minimum absolute atomic E-state index is 0.0138. The van der Waals surface area contributed by atoms with Gasteiger partial charge < -0.3 is 14.6 Å². The lowest BCUT2D eigenvalue weighted by atomic mass is 9.89. The molecule has 1 amide bonds. The smallest absolute Gasteiger partial charge is 0.246 e. The van der Waals surface area contributed by atoms with E-state index in [1.165, 1.54) is 19.3 Å². The molecule has 1 saturated carbocycles. The predicted molar refractivity (Wildman–Crippen MR) is 70.9 cm³/mol. The highest BCUT2D eigenvalue weighted by molar-refractivity contribution is 5.78. The minimum Gasteiger partial charge on any atom is -0.381 e. The Morgan fingerprint density at radius 3 is 2.85 bits per heavy atom. The van der Waals surface area contributed by atoms with Crippen LogP contribution >= 0.6 is 0 Å². The van der Waals surface area contributed by atoms with Gasteiger partial charge >= 0.3 is 0 Å². The Kier molecular flexibility index (Phi) is 4.30. The molecule has 0 radical (unpaired) electrons. The molecular weight excluding hydrogens is 258 g/mol. The van der Waals surface area contributed by atoms with Gasteiger partial charge in [0, 0.05) is 12.5 Å². The zero-order chi connectivity index (χ0) is 13.8. The minimum atomic E-state index is -0.0317. The third-order valence-corrected chi connectivity index (χ3v) is 4.17. The van der Waals surface area contributed by atoms with E-state index in [4.69, 9.17) is 9.26 Å². The summed E-state index contributed by atoms with van der Waals surface area (Å²) >= 11 is 0. The topological polar surface area (TPSA) is 77.3 Å². The summed E-state index contributed by atoms with van der Waals surface area (Å²) in [7, 11) is 0. The zero-order valence-electron chi connectivity index (χ0n) is 11.6. The number of nitrogens with zero attached hydrogens (tertiary/aromatic N) is 2. The summed E-state index contributed by atoms with van der Waals surface area (Å²) in [5, 5.41) is 6.90. The molecule has 0 spiro atoms. The molecule has 0 bridgehead atoms. The molecular formula is C14H21N3O3. The van der Waals surface area contributed by atoms with Crippen molar-refractivity contribution in [2.45, 2.75) is 51.0 Å². The first-order chi connectivity index (χ1) is 9.83. The lowest BCUT2D eigenvalue weighted by Gasteiger charge is -2.17. The van der Waals surface area contributed by atoms with Crippen LogP contribution in [0, 0.1) is 5.92 Å². The normalized spacial score (nSPS) is 23.9.